The first-order valence-electron chi connectivity index (χ1n) is 6.56. The summed E-state index contributed by atoms with van der Waals surface area (Å²) in [4.78, 5) is 14.7. The normalized spacial score (nSPS) is 12.2. The maximum atomic E-state index is 10.8. The number of aromatic nitrogens is 1. The molecule has 1 N–H and O–H groups in total. The average molecular weight is 291 g/mol. The lowest BCUT2D eigenvalue weighted by Gasteiger charge is -2.16. The largest absolute Gasteiger partial charge is 0.310 e. The van der Waals surface area contributed by atoms with E-state index in [1.165, 1.54) is 6.07 Å². The molecule has 5 nitrogen and oxygen atoms in total. The fraction of sp³-hybridized carbons (Fsp3) is 0.357. The minimum absolute atomic E-state index is 0.134. The van der Waals surface area contributed by atoms with Crippen molar-refractivity contribution < 1.29 is 4.92 Å². The highest BCUT2D eigenvalue weighted by molar-refractivity contribution is 7.09. The van der Waals surface area contributed by atoms with E-state index >= 15 is 0 Å². The van der Waals surface area contributed by atoms with Gasteiger partial charge in [-0.15, -0.1) is 11.3 Å². The van der Waals surface area contributed by atoms with E-state index in [2.05, 4.69) is 17.2 Å². The molecule has 1 atom stereocenters. The zero-order valence-electron chi connectivity index (χ0n) is 11.3. The van der Waals surface area contributed by atoms with Gasteiger partial charge in [0.2, 0.25) is 0 Å². The Morgan fingerprint density at radius 2 is 2.35 bits per heavy atom. The molecule has 106 valence electrons. The summed E-state index contributed by atoms with van der Waals surface area (Å²) in [6, 6.07) is 6.96. The fourth-order valence-corrected chi connectivity index (χ4v) is 2.70. The molecule has 1 unspecified atom stereocenters. The van der Waals surface area contributed by atoms with Gasteiger partial charge in [0, 0.05) is 42.7 Å². The Morgan fingerprint density at radius 1 is 1.50 bits per heavy atom. The molecule has 0 spiro atoms. The predicted molar refractivity (Wildman–Crippen MR) is 79.9 cm³/mol. The third kappa shape index (κ3) is 3.85. The van der Waals surface area contributed by atoms with Crippen molar-refractivity contribution in [1.82, 2.24) is 10.3 Å². The van der Waals surface area contributed by atoms with Crippen molar-refractivity contribution in [2.45, 2.75) is 25.8 Å². The van der Waals surface area contributed by atoms with Gasteiger partial charge in [0.1, 0.15) is 0 Å². The molecule has 0 amide bonds. The summed E-state index contributed by atoms with van der Waals surface area (Å²) in [5, 5.41) is 17.3. The van der Waals surface area contributed by atoms with Gasteiger partial charge in [0.15, 0.2) is 0 Å². The summed E-state index contributed by atoms with van der Waals surface area (Å²) >= 11 is 1.64. The lowest BCUT2D eigenvalue weighted by atomic mass is 10.0. The number of thiazole rings is 1. The standard InChI is InChI=1S/C14H17N3O2S/c1-2-13(15-7-6-14-16-8-9-20-14)11-4-3-5-12(10-11)17(18)19/h3-5,8-10,13,15H,2,6-7H2,1H3. The monoisotopic (exact) mass is 291 g/mol. The highest BCUT2D eigenvalue weighted by Crippen LogP contribution is 2.21. The number of hydrogen-bond acceptors (Lipinski definition) is 5. The van der Waals surface area contributed by atoms with Gasteiger partial charge < -0.3 is 5.32 Å². The van der Waals surface area contributed by atoms with Crippen LogP contribution in [0.4, 0.5) is 5.69 Å². The van der Waals surface area contributed by atoms with E-state index in [0.29, 0.717) is 0 Å². The van der Waals surface area contributed by atoms with Gasteiger partial charge in [0.05, 0.1) is 9.93 Å². The van der Waals surface area contributed by atoms with Crippen molar-refractivity contribution in [1.29, 1.82) is 0 Å². The van der Waals surface area contributed by atoms with Gasteiger partial charge in [-0.2, -0.15) is 0 Å². The lowest BCUT2D eigenvalue weighted by molar-refractivity contribution is -0.384. The number of rotatable bonds is 7. The fourth-order valence-electron chi connectivity index (χ4n) is 2.08. The summed E-state index contributed by atoms with van der Waals surface area (Å²) in [6.07, 6.45) is 3.57. The molecule has 0 bridgehead atoms. The zero-order valence-corrected chi connectivity index (χ0v) is 12.1. The van der Waals surface area contributed by atoms with Crippen molar-refractivity contribution in [3.8, 4) is 0 Å². The van der Waals surface area contributed by atoms with Gasteiger partial charge in [-0.3, -0.25) is 10.1 Å². The first kappa shape index (κ1) is 14.6. The van der Waals surface area contributed by atoms with E-state index < -0.39 is 0 Å². The maximum absolute atomic E-state index is 10.8. The first-order chi connectivity index (χ1) is 9.70. The molecule has 0 fully saturated rings. The minimum Gasteiger partial charge on any atom is -0.310 e. The number of nitrogens with zero attached hydrogens (tertiary/aromatic N) is 2. The van der Waals surface area contributed by atoms with E-state index in [0.717, 1.165) is 30.0 Å². The van der Waals surface area contributed by atoms with E-state index in [-0.39, 0.29) is 16.7 Å². The van der Waals surface area contributed by atoms with E-state index in [1.54, 1.807) is 29.7 Å². The molecule has 6 heteroatoms. The van der Waals surface area contributed by atoms with Gasteiger partial charge in [-0.25, -0.2) is 4.98 Å². The van der Waals surface area contributed by atoms with Crippen LogP contribution in [0.1, 0.15) is 30.0 Å². The molecule has 1 aromatic heterocycles. The second kappa shape index (κ2) is 7.12. The third-order valence-electron chi connectivity index (χ3n) is 3.10. The molecule has 0 saturated heterocycles. The number of benzene rings is 1. The summed E-state index contributed by atoms with van der Waals surface area (Å²) in [7, 11) is 0. The Hall–Kier alpha value is -1.79. The molecule has 2 rings (SSSR count). The number of nitro groups is 1. The highest BCUT2D eigenvalue weighted by atomic mass is 32.1. The Balaban J connectivity index is 1.97. The Kier molecular flexibility index (Phi) is 5.20. The molecule has 0 aliphatic heterocycles. The van der Waals surface area contributed by atoms with Crippen molar-refractivity contribution in [3.63, 3.8) is 0 Å². The second-order valence-electron chi connectivity index (χ2n) is 4.44. The van der Waals surface area contributed by atoms with Crippen LogP contribution >= 0.6 is 11.3 Å². The smallest absolute Gasteiger partial charge is 0.269 e. The zero-order chi connectivity index (χ0) is 14.4. The molecule has 20 heavy (non-hydrogen) atoms. The van der Waals surface area contributed by atoms with Crippen LogP contribution in [-0.2, 0) is 6.42 Å². The summed E-state index contributed by atoms with van der Waals surface area (Å²) in [5.74, 6) is 0. The van der Waals surface area contributed by atoms with Crippen LogP contribution in [0.25, 0.3) is 0 Å². The molecule has 1 heterocycles. The molecular weight excluding hydrogens is 274 g/mol. The van der Waals surface area contributed by atoms with Crippen LogP contribution in [0.5, 0.6) is 0 Å². The quantitative estimate of drug-likeness (QED) is 0.627. The minimum atomic E-state index is -0.355. The Labute approximate surface area is 121 Å². The molecule has 0 aliphatic rings. The van der Waals surface area contributed by atoms with Crippen LogP contribution < -0.4 is 5.32 Å². The van der Waals surface area contributed by atoms with Crippen molar-refractivity contribution >= 4 is 17.0 Å². The molecule has 0 saturated carbocycles. The SMILES string of the molecule is CCC(NCCc1nccs1)c1cccc([N+](=O)[O-])c1. The molecular formula is C14H17N3O2S. The van der Waals surface area contributed by atoms with E-state index in [1.807, 2.05) is 11.4 Å². The number of nitro benzene ring substituents is 1. The second-order valence-corrected chi connectivity index (χ2v) is 5.42. The summed E-state index contributed by atoms with van der Waals surface area (Å²) in [5.41, 5.74) is 1.10. The van der Waals surface area contributed by atoms with E-state index in [9.17, 15) is 10.1 Å². The average Bonchev–Trinajstić information content (AvgIpc) is 2.97. The summed E-state index contributed by atoms with van der Waals surface area (Å²) < 4.78 is 0. The number of hydrogen-bond donors (Lipinski definition) is 1. The lowest BCUT2D eigenvalue weighted by Crippen LogP contribution is -2.23. The van der Waals surface area contributed by atoms with Gasteiger partial charge in [-0.05, 0) is 12.0 Å². The molecule has 0 aliphatic carbocycles. The predicted octanol–water partition coefficient (Wildman–Crippen LogP) is 3.33. The Morgan fingerprint density at radius 3 is 3.00 bits per heavy atom. The van der Waals surface area contributed by atoms with Crippen LogP contribution in [0, 0.1) is 10.1 Å². The van der Waals surface area contributed by atoms with Crippen LogP contribution in [-0.4, -0.2) is 16.5 Å². The summed E-state index contributed by atoms with van der Waals surface area (Å²) in [6.45, 7) is 2.88. The van der Waals surface area contributed by atoms with Crippen LogP contribution in [0.3, 0.4) is 0 Å². The highest BCUT2D eigenvalue weighted by Gasteiger charge is 2.12. The van der Waals surface area contributed by atoms with Crippen LogP contribution in [0.15, 0.2) is 35.8 Å². The molecule has 1 aromatic carbocycles. The van der Waals surface area contributed by atoms with Crippen molar-refractivity contribution in [3.05, 3.63) is 56.5 Å². The van der Waals surface area contributed by atoms with Gasteiger partial charge >= 0.3 is 0 Å². The molecule has 0 radical (unpaired) electrons. The topological polar surface area (TPSA) is 68.1 Å². The van der Waals surface area contributed by atoms with Crippen molar-refractivity contribution in [2.75, 3.05) is 6.54 Å². The number of nitrogens with one attached hydrogen (secondary N) is 1. The van der Waals surface area contributed by atoms with Gasteiger partial charge in [0.25, 0.3) is 5.69 Å². The first-order valence-corrected chi connectivity index (χ1v) is 7.44. The molecule has 2 aromatic rings. The Bertz CT molecular complexity index is 557. The van der Waals surface area contributed by atoms with Gasteiger partial charge in [-0.1, -0.05) is 19.1 Å². The van der Waals surface area contributed by atoms with E-state index in [4.69, 9.17) is 0 Å². The van der Waals surface area contributed by atoms with Crippen molar-refractivity contribution in [2.24, 2.45) is 0 Å². The number of non-ortho nitro benzene ring substituents is 1. The third-order valence-corrected chi connectivity index (χ3v) is 3.94. The van der Waals surface area contributed by atoms with Crippen LogP contribution in [0.2, 0.25) is 0 Å². The maximum Gasteiger partial charge on any atom is 0.269 e.